The Morgan fingerprint density at radius 2 is 1.96 bits per heavy atom. The summed E-state index contributed by atoms with van der Waals surface area (Å²) >= 11 is 0. The van der Waals surface area contributed by atoms with Crippen molar-refractivity contribution in [2.75, 3.05) is 44.9 Å². The van der Waals surface area contributed by atoms with E-state index in [-0.39, 0.29) is 24.2 Å². The normalized spacial score (nSPS) is 20.6. The first-order chi connectivity index (χ1) is 13.1. The van der Waals surface area contributed by atoms with E-state index in [1.165, 1.54) is 0 Å². The highest BCUT2D eigenvalue weighted by Gasteiger charge is 2.38. The molecule has 2 amide bonds. The van der Waals surface area contributed by atoms with Crippen LogP contribution in [-0.4, -0.2) is 56.7 Å². The van der Waals surface area contributed by atoms with E-state index in [4.69, 9.17) is 15.9 Å². The van der Waals surface area contributed by atoms with Crippen molar-refractivity contribution in [2.24, 2.45) is 11.8 Å². The number of carbonyl (C=O) groups is 2. The molecular formula is C21H26N2O4. The van der Waals surface area contributed by atoms with Crippen molar-refractivity contribution in [1.82, 2.24) is 4.90 Å². The Kier molecular flexibility index (Phi) is 6.36. The van der Waals surface area contributed by atoms with Crippen molar-refractivity contribution < 1.29 is 19.1 Å². The molecule has 0 saturated carbocycles. The molecule has 2 saturated heterocycles. The zero-order valence-corrected chi connectivity index (χ0v) is 15.7. The predicted octanol–water partition coefficient (Wildman–Crippen LogP) is 1.94. The number of hydrogen-bond donors (Lipinski definition) is 0. The van der Waals surface area contributed by atoms with Gasteiger partial charge in [-0.15, -0.1) is 6.42 Å². The van der Waals surface area contributed by atoms with Crippen LogP contribution in [0.15, 0.2) is 24.3 Å². The molecule has 0 bridgehead atoms. The molecule has 6 heteroatoms. The second-order valence-corrected chi connectivity index (χ2v) is 7.09. The van der Waals surface area contributed by atoms with Crippen LogP contribution in [0.4, 0.5) is 5.69 Å². The summed E-state index contributed by atoms with van der Waals surface area (Å²) in [6.07, 6.45) is 7.29. The molecule has 3 rings (SSSR count). The molecule has 0 aliphatic carbocycles. The quantitative estimate of drug-likeness (QED) is 0.567. The first-order valence-corrected chi connectivity index (χ1v) is 9.36. The van der Waals surface area contributed by atoms with Gasteiger partial charge in [0.15, 0.2) is 0 Å². The molecule has 0 aromatic heterocycles. The second kappa shape index (κ2) is 8.92. The van der Waals surface area contributed by atoms with E-state index in [1.54, 1.807) is 12.0 Å². The van der Waals surface area contributed by atoms with Crippen LogP contribution < -0.4 is 9.64 Å². The Labute approximate surface area is 160 Å². The molecule has 2 aliphatic rings. The topological polar surface area (TPSA) is 59.1 Å². The molecular weight excluding hydrogens is 344 g/mol. The van der Waals surface area contributed by atoms with E-state index >= 15 is 0 Å². The van der Waals surface area contributed by atoms with Crippen LogP contribution in [0.25, 0.3) is 0 Å². The van der Waals surface area contributed by atoms with Crippen LogP contribution in [0.5, 0.6) is 5.75 Å². The van der Waals surface area contributed by atoms with Gasteiger partial charge < -0.3 is 19.3 Å². The summed E-state index contributed by atoms with van der Waals surface area (Å²) in [5.41, 5.74) is 0.806. The largest absolute Gasteiger partial charge is 0.497 e. The van der Waals surface area contributed by atoms with Crippen LogP contribution in [0.1, 0.15) is 19.3 Å². The molecule has 2 fully saturated rings. The Hall–Kier alpha value is -2.52. The number of carbonyl (C=O) groups excluding carboxylic acids is 2. The Bertz CT molecular complexity index is 702. The lowest BCUT2D eigenvalue weighted by atomic mass is 9.96. The average molecular weight is 370 g/mol. The van der Waals surface area contributed by atoms with E-state index in [2.05, 4.69) is 5.92 Å². The summed E-state index contributed by atoms with van der Waals surface area (Å²) < 4.78 is 10.6. The number of terminal acetylenes is 1. The highest BCUT2D eigenvalue weighted by Crippen LogP contribution is 2.29. The number of hydrogen-bond acceptors (Lipinski definition) is 4. The highest BCUT2D eigenvalue weighted by atomic mass is 16.5. The van der Waals surface area contributed by atoms with Crippen molar-refractivity contribution in [3.63, 3.8) is 0 Å². The number of ether oxygens (including phenoxy) is 2. The molecule has 2 aliphatic heterocycles. The van der Waals surface area contributed by atoms with Gasteiger partial charge in [-0.2, -0.15) is 0 Å². The van der Waals surface area contributed by atoms with E-state index < -0.39 is 0 Å². The number of nitrogens with zero attached hydrogens (tertiary/aromatic N) is 2. The summed E-state index contributed by atoms with van der Waals surface area (Å²) in [6.45, 7) is 2.87. The van der Waals surface area contributed by atoms with Gasteiger partial charge in [0.2, 0.25) is 11.8 Å². The minimum atomic E-state index is -0.270. The number of amides is 2. The minimum absolute atomic E-state index is 0.00362. The first kappa shape index (κ1) is 19.2. The van der Waals surface area contributed by atoms with Gasteiger partial charge in [-0.3, -0.25) is 9.59 Å². The summed E-state index contributed by atoms with van der Waals surface area (Å²) in [5, 5.41) is 0. The third kappa shape index (κ3) is 4.61. The van der Waals surface area contributed by atoms with Crippen molar-refractivity contribution in [3.8, 4) is 18.1 Å². The number of benzene rings is 1. The van der Waals surface area contributed by atoms with Gasteiger partial charge in [0, 0.05) is 31.7 Å². The zero-order valence-electron chi connectivity index (χ0n) is 15.7. The van der Waals surface area contributed by atoms with Crippen LogP contribution in [-0.2, 0) is 14.3 Å². The predicted molar refractivity (Wildman–Crippen MR) is 102 cm³/mol. The lowest BCUT2D eigenvalue weighted by Gasteiger charge is -2.33. The molecule has 2 heterocycles. The van der Waals surface area contributed by atoms with Gasteiger partial charge in [0.25, 0.3) is 0 Å². The fourth-order valence-electron chi connectivity index (χ4n) is 3.75. The molecule has 1 atom stereocenters. The third-order valence-electron chi connectivity index (χ3n) is 5.32. The number of rotatable bonds is 6. The summed E-state index contributed by atoms with van der Waals surface area (Å²) in [4.78, 5) is 28.9. The lowest BCUT2D eigenvalue weighted by Crippen LogP contribution is -2.43. The van der Waals surface area contributed by atoms with Crippen molar-refractivity contribution in [1.29, 1.82) is 0 Å². The monoisotopic (exact) mass is 370 g/mol. The smallest absolute Gasteiger partial charge is 0.228 e. The van der Waals surface area contributed by atoms with E-state index in [0.29, 0.717) is 25.7 Å². The van der Waals surface area contributed by atoms with Crippen molar-refractivity contribution in [3.05, 3.63) is 24.3 Å². The van der Waals surface area contributed by atoms with E-state index in [9.17, 15) is 9.59 Å². The Balaban J connectivity index is 1.52. The fraction of sp³-hybridized carbons (Fsp3) is 0.524. The number of anilines is 1. The maximum atomic E-state index is 12.9. The number of methoxy groups -OCH3 is 1. The molecule has 1 aromatic rings. The summed E-state index contributed by atoms with van der Waals surface area (Å²) in [5.74, 6) is 3.47. The van der Waals surface area contributed by atoms with Gasteiger partial charge in [-0.25, -0.2) is 0 Å². The Morgan fingerprint density at radius 1 is 1.26 bits per heavy atom. The van der Waals surface area contributed by atoms with Crippen molar-refractivity contribution in [2.45, 2.75) is 19.3 Å². The molecule has 1 aromatic carbocycles. The number of likely N-dealkylation sites (tertiary alicyclic amines) is 1. The van der Waals surface area contributed by atoms with Gasteiger partial charge in [-0.1, -0.05) is 5.92 Å². The van der Waals surface area contributed by atoms with Crippen LogP contribution in [0.3, 0.4) is 0 Å². The third-order valence-corrected chi connectivity index (χ3v) is 5.32. The fourth-order valence-corrected chi connectivity index (χ4v) is 3.75. The molecule has 0 radical (unpaired) electrons. The van der Waals surface area contributed by atoms with Crippen molar-refractivity contribution >= 4 is 17.5 Å². The van der Waals surface area contributed by atoms with E-state index in [1.807, 2.05) is 29.2 Å². The maximum absolute atomic E-state index is 12.9. The van der Waals surface area contributed by atoms with E-state index in [0.717, 1.165) is 37.4 Å². The summed E-state index contributed by atoms with van der Waals surface area (Å²) in [6, 6.07) is 7.35. The first-order valence-electron chi connectivity index (χ1n) is 9.36. The highest BCUT2D eigenvalue weighted by molar-refractivity contribution is 6.00. The number of piperidine rings is 1. The molecule has 0 spiro atoms. The minimum Gasteiger partial charge on any atom is -0.497 e. The zero-order chi connectivity index (χ0) is 19.2. The molecule has 6 nitrogen and oxygen atoms in total. The summed E-state index contributed by atoms with van der Waals surface area (Å²) in [7, 11) is 1.61. The molecule has 27 heavy (non-hydrogen) atoms. The van der Waals surface area contributed by atoms with Gasteiger partial charge in [-0.05, 0) is 43.0 Å². The second-order valence-electron chi connectivity index (χ2n) is 7.09. The maximum Gasteiger partial charge on any atom is 0.228 e. The van der Waals surface area contributed by atoms with Crippen LogP contribution >= 0.6 is 0 Å². The molecule has 1 unspecified atom stereocenters. The van der Waals surface area contributed by atoms with Gasteiger partial charge in [0.05, 0.1) is 19.6 Å². The van der Waals surface area contributed by atoms with Gasteiger partial charge in [0.1, 0.15) is 12.4 Å². The van der Waals surface area contributed by atoms with Crippen LogP contribution in [0, 0.1) is 24.2 Å². The standard InChI is InChI=1S/C21H26N2O4/c1-3-12-27-15-16-8-10-22(11-9-16)21(25)17-13-20(24)23(14-17)18-4-6-19(26-2)7-5-18/h1,4-7,16-17H,8-15H2,2H3. The SMILES string of the molecule is C#CCOCC1CCN(C(=O)C2CC(=O)N(c3ccc(OC)cc3)C2)CC1. The molecule has 144 valence electrons. The molecule has 0 N–H and O–H groups in total. The van der Waals surface area contributed by atoms with Crippen LogP contribution in [0.2, 0.25) is 0 Å². The average Bonchev–Trinajstić information content (AvgIpc) is 3.10. The lowest BCUT2D eigenvalue weighted by molar-refractivity contribution is -0.137. The van der Waals surface area contributed by atoms with Gasteiger partial charge >= 0.3 is 0 Å². The Morgan fingerprint density at radius 3 is 2.59 bits per heavy atom.